The van der Waals surface area contributed by atoms with E-state index in [2.05, 4.69) is 0 Å². The van der Waals surface area contributed by atoms with Crippen LogP contribution in [0.15, 0.2) is 30.3 Å². The Morgan fingerprint density at radius 1 is 0.750 bits per heavy atom. The van der Waals surface area contributed by atoms with Gasteiger partial charge in [-0.15, -0.1) is 0 Å². The molecule has 3 aromatic rings. The number of halogens is 4. The first kappa shape index (κ1) is 12.7. The molecule has 0 unspecified atom stereocenters. The molecule has 0 N–H and O–H groups in total. The quantitative estimate of drug-likeness (QED) is 0.469. The lowest BCUT2D eigenvalue weighted by Gasteiger charge is -2.10. The van der Waals surface area contributed by atoms with Crippen LogP contribution in [0.2, 0.25) is 0 Å². The maximum absolute atomic E-state index is 14.1. The third kappa shape index (κ3) is 1.62. The second kappa shape index (κ2) is 4.37. The van der Waals surface area contributed by atoms with E-state index in [4.69, 9.17) is 4.74 Å². The van der Waals surface area contributed by atoms with E-state index in [1.807, 2.05) is 0 Å². The van der Waals surface area contributed by atoms with Crippen molar-refractivity contribution in [1.29, 1.82) is 0 Å². The molecule has 3 rings (SSSR count). The Labute approximate surface area is 111 Å². The van der Waals surface area contributed by atoms with Crippen molar-refractivity contribution in [2.24, 2.45) is 0 Å². The molecular formula is C15H8F4O. The van der Waals surface area contributed by atoms with E-state index in [1.165, 1.54) is 31.4 Å². The van der Waals surface area contributed by atoms with E-state index in [-0.39, 0.29) is 21.9 Å². The van der Waals surface area contributed by atoms with E-state index in [0.717, 1.165) is 6.07 Å². The molecule has 3 aromatic carbocycles. The van der Waals surface area contributed by atoms with Gasteiger partial charge in [-0.3, -0.25) is 0 Å². The Kier molecular flexibility index (Phi) is 2.78. The van der Waals surface area contributed by atoms with Crippen molar-refractivity contribution in [2.75, 3.05) is 7.11 Å². The lowest BCUT2D eigenvalue weighted by molar-refractivity contribution is 0.374. The number of hydrogen-bond donors (Lipinski definition) is 0. The Balaban J connectivity index is 2.60. The van der Waals surface area contributed by atoms with Gasteiger partial charge in [0.25, 0.3) is 0 Å². The molecule has 0 saturated carbocycles. The minimum atomic E-state index is -1.26. The highest BCUT2D eigenvalue weighted by molar-refractivity contribution is 6.08. The highest BCUT2D eigenvalue weighted by atomic mass is 19.2. The summed E-state index contributed by atoms with van der Waals surface area (Å²) < 4.78 is 59.9. The molecule has 0 heterocycles. The lowest BCUT2D eigenvalue weighted by Crippen LogP contribution is -1.96. The molecular weight excluding hydrogens is 272 g/mol. The van der Waals surface area contributed by atoms with Crippen molar-refractivity contribution in [2.45, 2.75) is 0 Å². The maximum Gasteiger partial charge on any atom is 0.201 e. The fraction of sp³-hybridized carbons (Fsp3) is 0.0667. The molecule has 20 heavy (non-hydrogen) atoms. The van der Waals surface area contributed by atoms with E-state index in [0.29, 0.717) is 5.39 Å². The van der Waals surface area contributed by atoms with Crippen LogP contribution >= 0.6 is 0 Å². The van der Waals surface area contributed by atoms with Gasteiger partial charge in [0.1, 0.15) is 0 Å². The zero-order chi connectivity index (χ0) is 14.4. The highest BCUT2D eigenvalue weighted by Gasteiger charge is 2.19. The third-order valence-electron chi connectivity index (χ3n) is 3.24. The van der Waals surface area contributed by atoms with Crippen LogP contribution in [0.4, 0.5) is 17.6 Å². The van der Waals surface area contributed by atoms with Gasteiger partial charge < -0.3 is 4.74 Å². The molecule has 1 nitrogen and oxygen atoms in total. The Morgan fingerprint density at radius 3 is 2.05 bits per heavy atom. The van der Waals surface area contributed by atoms with Gasteiger partial charge in [-0.2, -0.15) is 4.39 Å². The van der Waals surface area contributed by atoms with Crippen molar-refractivity contribution in [1.82, 2.24) is 0 Å². The van der Waals surface area contributed by atoms with E-state index in [9.17, 15) is 17.6 Å². The zero-order valence-electron chi connectivity index (χ0n) is 10.3. The molecule has 0 fully saturated rings. The molecule has 0 aromatic heterocycles. The summed E-state index contributed by atoms with van der Waals surface area (Å²) in [5.41, 5.74) is 0. The molecule has 0 amide bonds. The predicted molar refractivity (Wildman–Crippen MR) is 67.8 cm³/mol. The van der Waals surface area contributed by atoms with Crippen LogP contribution in [0.5, 0.6) is 5.75 Å². The Hall–Kier alpha value is -2.30. The van der Waals surface area contributed by atoms with Gasteiger partial charge in [0.05, 0.1) is 7.11 Å². The summed E-state index contributed by atoms with van der Waals surface area (Å²) in [5, 5.41) is -0.0445. The van der Waals surface area contributed by atoms with E-state index in [1.54, 1.807) is 0 Å². The summed E-state index contributed by atoms with van der Waals surface area (Å²) in [6.45, 7) is 0. The molecule has 0 atom stereocenters. The molecule has 102 valence electrons. The molecule has 0 bridgehead atoms. The number of hydrogen-bond acceptors (Lipinski definition) is 1. The van der Waals surface area contributed by atoms with E-state index < -0.39 is 23.3 Å². The summed E-state index contributed by atoms with van der Waals surface area (Å²) in [5.74, 6) is -5.08. The first-order chi connectivity index (χ1) is 9.54. The van der Waals surface area contributed by atoms with Crippen LogP contribution in [0.1, 0.15) is 0 Å². The minimum Gasteiger partial charge on any atom is -0.494 e. The molecule has 5 heteroatoms. The van der Waals surface area contributed by atoms with Crippen LogP contribution in [-0.4, -0.2) is 7.11 Å². The number of rotatable bonds is 1. The summed E-state index contributed by atoms with van der Waals surface area (Å²) in [6, 6.07) is 6.52. The van der Waals surface area contributed by atoms with Crippen molar-refractivity contribution in [3.05, 3.63) is 53.6 Å². The number of methoxy groups -OCH3 is 1. The number of ether oxygens (including phenoxy) is 1. The van der Waals surface area contributed by atoms with Crippen LogP contribution in [0.25, 0.3) is 21.5 Å². The van der Waals surface area contributed by atoms with Gasteiger partial charge in [-0.05, 0) is 22.9 Å². The third-order valence-corrected chi connectivity index (χ3v) is 3.24. The fourth-order valence-corrected chi connectivity index (χ4v) is 2.29. The summed E-state index contributed by atoms with van der Waals surface area (Å²) in [7, 11) is 1.20. The summed E-state index contributed by atoms with van der Waals surface area (Å²) >= 11 is 0. The summed E-state index contributed by atoms with van der Waals surface area (Å²) in [4.78, 5) is 0. The Bertz CT molecular complexity index is 843. The molecule has 0 aliphatic carbocycles. The molecule has 0 spiro atoms. The van der Waals surface area contributed by atoms with Crippen LogP contribution in [0.3, 0.4) is 0 Å². The smallest absolute Gasteiger partial charge is 0.201 e. The van der Waals surface area contributed by atoms with Gasteiger partial charge in [0.15, 0.2) is 23.2 Å². The minimum absolute atomic E-state index is 0.234. The SMILES string of the molecule is COc1cc2ccc3ccc(F)c(F)c3c2c(F)c1F. The second-order valence-corrected chi connectivity index (χ2v) is 4.33. The normalized spacial score (nSPS) is 11.2. The Morgan fingerprint density at radius 2 is 1.35 bits per heavy atom. The van der Waals surface area contributed by atoms with Crippen LogP contribution < -0.4 is 4.74 Å². The largest absolute Gasteiger partial charge is 0.494 e. The van der Waals surface area contributed by atoms with Crippen molar-refractivity contribution >= 4 is 21.5 Å². The highest BCUT2D eigenvalue weighted by Crippen LogP contribution is 2.35. The molecule has 0 aliphatic heterocycles. The first-order valence-electron chi connectivity index (χ1n) is 5.77. The summed E-state index contributed by atoms with van der Waals surface area (Å²) in [6.07, 6.45) is 0. The predicted octanol–water partition coefficient (Wildman–Crippen LogP) is 4.56. The van der Waals surface area contributed by atoms with Crippen molar-refractivity contribution < 1.29 is 22.3 Å². The van der Waals surface area contributed by atoms with E-state index >= 15 is 0 Å². The van der Waals surface area contributed by atoms with Gasteiger partial charge >= 0.3 is 0 Å². The molecule has 0 aliphatic rings. The van der Waals surface area contributed by atoms with Gasteiger partial charge in [-0.25, -0.2) is 13.2 Å². The number of fused-ring (bicyclic) bond motifs is 3. The van der Waals surface area contributed by atoms with Crippen LogP contribution in [0, 0.1) is 23.3 Å². The average molecular weight is 280 g/mol. The zero-order valence-corrected chi connectivity index (χ0v) is 10.3. The fourth-order valence-electron chi connectivity index (χ4n) is 2.29. The standard InChI is InChI=1S/C15H8F4O/c1-20-10-6-8-3-2-7-4-5-9(16)13(17)11(7)12(8)15(19)14(10)18/h2-6H,1H3. The van der Waals surface area contributed by atoms with Gasteiger partial charge in [0.2, 0.25) is 5.82 Å². The average Bonchev–Trinajstić information content (AvgIpc) is 2.46. The second-order valence-electron chi connectivity index (χ2n) is 4.33. The first-order valence-corrected chi connectivity index (χ1v) is 5.77. The molecule has 0 radical (unpaired) electrons. The molecule has 0 saturated heterocycles. The van der Waals surface area contributed by atoms with Crippen LogP contribution in [-0.2, 0) is 0 Å². The van der Waals surface area contributed by atoms with Gasteiger partial charge in [-0.1, -0.05) is 18.2 Å². The van der Waals surface area contributed by atoms with Crippen molar-refractivity contribution in [3.8, 4) is 5.75 Å². The van der Waals surface area contributed by atoms with Crippen molar-refractivity contribution in [3.63, 3.8) is 0 Å². The maximum atomic E-state index is 14.1. The van der Waals surface area contributed by atoms with Gasteiger partial charge in [0, 0.05) is 10.8 Å². The lowest BCUT2D eigenvalue weighted by atomic mass is 10.0. The monoisotopic (exact) mass is 280 g/mol. The number of benzene rings is 3. The topological polar surface area (TPSA) is 9.23 Å².